The van der Waals surface area contributed by atoms with Crippen molar-refractivity contribution in [2.45, 2.75) is 19.9 Å². The number of aromatic nitrogens is 2. The van der Waals surface area contributed by atoms with Gasteiger partial charge in [0.1, 0.15) is 11.5 Å². The summed E-state index contributed by atoms with van der Waals surface area (Å²) in [7, 11) is 3.31. The Morgan fingerprint density at radius 2 is 1.76 bits per heavy atom. The summed E-state index contributed by atoms with van der Waals surface area (Å²) in [6.07, 6.45) is 0. The fourth-order valence-electron chi connectivity index (χ4n) is 3.87. The van der Waals surface area contributed by atoms with Crippen LogP contribution in [0.25, 0.3) is 17.0 Å². The Morgan fingerprint density at radius 3 is 2.41 bits per heavy atom. The second-order valence-corrected chi connectivity index (χ2v) is 8.07. The molecule has 1 N–H and O–H groups in total. The van der Waals surface area contributed by atoms with Crippen LogP contribution in [0, 0.1) is 0 Å². The van der Waals surface area contributed by atoms with E-state index in [9.17, 15) is 0 Å². The first-order valence-corrected chi connectivity index (χ1v) is 11.5. The van der Waals surface area contributed by atoms with Gasteiger partial charge in [-0.05, 0) is 68.0 Å². The lowest BCUT2D eigenvalue weighted by atomic mass is 9.94. The number of nitrogens with zero attached hydrogens (tertiary/aromatic N) is 3. The van der Waals surface area contributed by atoms with Crippen LogP contribution in [0.3, 0.4) is 0 Å². The van der Waals surface area contributed by atoms with E-state index >= 15 is 0 Å². The van der Waals surface area contributed by atoms with Gasteiger partial charge in [-0.3, -0.25) is 0 Å². The topological polar surface area (TPSA) is 81.9 Å². The molecule has 0 amide bonds. The van der Waals surface area contributed by atoms with Crippen LogP contribution in [0.1, 0.15) is 31.3 Å². The molecule has 0 aliphatic carbocycles. The average molecular weight is 481 g/mol. The number of rotatable bonds is 9. The molecular formula is C25H28N4O4S. The van der Waals surface area contributed by atoms with E-state index in [0.717, 1.165) is 33.9 Å². The molecule has 1 unspecified atom stereocenters. The highest BCUT2D eigenvalue weighted by Gasteiger charge is 2.34. The molecule has 1 aromatic heterocycles. The molecule has 8 nitrogen and oxygen atoms in total. The zero-order valence-corrected chi connectivity index (χ0v) is 20.5. The van der Waals surface area contributed by atoms with Gasteiger partial charge in [0.05, 0.1) is 31.9 Å². The molecule has 2 aromatic carbocycles. The number of hydrogen-bond donors (Lipinski definition) is 1. The summed E-state index contributed by atoms with van der Waals surface area (Å²) in [6.45, 7) is 5.71. The molecule has 4 rings (SSSR count). The van der Waals surface area contributed by atoms with Crippen molar-refractivity contribution in [1.82, 2.24) is 20.4 Å². The Balaban J connectivity index is 1.73. The van der Waals surface area contributed by atoms with Crippen molar-refractivity contribution in [3.8, 4) is 22.9 Å². The molecule has 0 saturated heterocycles. The zero-order chi connectivity index (χ0) is 24.1. The van der Waals surface area contributed by atoms with Crippen LogP contribution >= 0.6 is 12.2 Å². The van der Waals surface area contributed by atoms with Crippen molar-refractivity contribution in [1.29, 1.82) is 0 Å². The Hall–Kier alpha value is -3.43. The fraction of sp³-hybridized carbons (Fsp3) is 0.320. The summed E-state index contributed by atoms with van der Waals surface area (Å²) < 4.78 is 21.9. The van der Waals surface area contributed by atoms with Crippen molar-refractivity contribution < 1.29 is 18.7 Å². The summed E-state index contributed by atoms with van der Waals surface area (Å²) in [5.74, 6) is 2.51. The third kappa shape index (κ3) is 4.90. The Bertz CT molecular complexity index is 1160. The lowest BCUT2D eigenvalue weighted by Gasteiger charge is -2.37. The molecule has 1 atom stereocenters. The predicted octanol–water partition coefficient (Wildman–Crippen LogP) is 4.45. The molecule has 0 fully saturated rings. The second kappa shape index (κ2) is 10.7. The molecule has 0 bridgehead atoms. The normalized spacial score (nSPS) is 15.9. The standard InChI is InChI=1S/C25H28N4O4S/c1-5-32-20-12-8-18(9-13-20)23-27-24(33-28-23)21-16(2)29(14-15-30-3)25(34)26-22(21)17-6-10-19(31-4)11-7-17/h6-13,22H,5,14-15H2,1-4H3,(H,26,34). The van der Waals surface area contributed by atoms with Crippen LogP contribution < -0.4 is 14.8 Å². The number of benzene rings is 2. The smallest absolute Gasteiger partial charge is 0.258 e. The highest BCUT2D eigenvalue weighted by molar-refractivity contribution is 7.80. The van der Waals surface area contributed by atoms with Gasteiger partial charge in [-0.2, -0.15) is 4.98 Å². The maximum atomic E-state index is 5.78. The molecule has 178 valence electrons. The minimum atomic E-state index is -0.258. The summed E-state index contributed by atoms with van der Waals surface area (Å²) in [6, 6.07) is 15.2. The molecule has 34 heavy (non-hydrogen) atoms. The quantitative estimate of drug-likeness (QED) is 0.447. The number of allylic oxidation sites excluding steroid dienone is 1. The van der Waals surface area contributed by atoms with Crippen LogP contribution in [0.4, 0.5) is 0 Å². The molecule has 1 aliphatic rings. The van der Waals surface area contributed by atoms with E-state index in [2.05, 4.69) is 10.5 Å². The fourth-order valence-corrected chi connectivity index (χ4v) is 4.22. The van der Waals surface area contributed by atoms with E-state index in [4.69, 9.17) is 35.9 Å². The minimum Gasteiger partial charge on any atom is -0.497 e. The summed E-state index contributed by atoms with van der Waals surface area (Å²) in [5, 5.41) is 8.30. The third-order valence-corrected chi connectivity index (χ3v) is 5.98. The van der Waals surface area contributed by atoms with Crippen LogP contribution in [0.15, 0.2) is 58.8 Å². The third-order valence-electron chi connectivity index (χ3n) is 5.64. The lowest BCUT2D eigenvalue weighted by molar-refractivity contribution is 0.183. The summed E-state index contributed by atoms with van der Waals surface area (Å²) >= 11 is 5.68. The molecule has 0 radical (unpaired) electrons. The largest absolute Gasteiger partial charge is 0.497 e. The van der Waals surface area contributed by atoms with Gasteiger partial charge in [0.2, 0.25) is 5.82 Å². The van der Waals surface area contributed by atoms with E-state index in [1.165, 1.54) is 0 Å². The van der Waals surface area contributed by atoms with Gasteiger partial charge in [0.15, 0.2) is 5.11 Å². The molecule has 2 heterocycles. The Kier molecular flexibility index (Phi) is 7.44. The van der Waals surface area contributed by atoms with Crippen molar-refractivity contribution in [3.05, 3.63) is 65.7 Å². The van der Waals surface area contributed by atoms with E-state index in [-0.39, 0.29) is 6.04 Å². The first kappa shape index (κ1) is 23.7. The van der Waals surface area contributed by atoms with Gasteiger partial charge in [0.25, 0.3) is 5.89 Å². The highest BCUT2D eigenvalue weighted by atomic mass is 32.1. The van der Waals surface area contributed by atoms with Gasteiger partial charge in [-0.1, -0.05) is 17.3 Å². The number of hydrogen-bond acceptors (Lipinski definition) is 7. The molecule has 3 aromatic rings. The Labute approximate surface area is 204 Å². The molecule has 0 saturated carbocycles. The molecule has 1 aliphatic heterocycles. The number of thiocarbonyl (C=S) groups is 1. The minimum absolute atomic E-state index is 0.258. The van der Waals surface area contributed by atoms with Crippen molar-refractivity contribution in [2.75, 3.05) is 34.0 Å². The van der Waals surface area contributed by atoms with Gasteiger partial charge < -0.3 is 29.0 Å². The first-order valence-electron chi connectivity index (χ1n) is 11.0. The number of methoxy groups -OCH3 is 2. The molecular weight excluding hydrogens is 452 g/mol. The lowest BCUT2D eigenvalue weighted by Crippen LogP contribution is -2.47. The second-order valence-electron chi connectivity index (χ2n) is 7.68. The maximum absolute atomic E-state index is 5.78. The van der Waals surface area contributed by atoms with Crippen molar-refractivity contribution >= 4 is 22.9 Å². The number of nitrogens with one attached hydrogen (secondary N) is 1. The van der Waals surface area contributed by atoms with Gasteiger partial charge in [0, 0.05) is 24.9 Å². The van der Waals surface area contributed by atoms with Gasteiger partial charge in [-0.15, -0.1) is 0 Å². The van der Waals surface area contributed by atoms with E-state index in [1.807, 2.05) is 67.3 Å². The van der Waals surface area contributed by atoms with Crippen LogP contribution in [0.5, 0.6) is 11.5 Å². The summed E-state index contributed by atoms with van der Waals surface area (Å²) in [5.41, 5.74) is 3.64. The zero-order valence-electron chi connectivity index (χ0n) is 19.7. The highest BCUT2D eigenvalue weighted by Crippen LogP contribution is 2.37. The maximum Gasteiger partial charge on any atom is 0.258 e. The van der Waals surface area contributed by atoms with E-state index in [0.29, 0.717) is 36.6 Å². The molecule has 9 heteroatoms. The Morgan fingerprint density at radius 1 is 1.06 bits per heavy atom. The van der Waals surface area contributed by atoms with Gasteiger partial charge >= 0.3 is 0 Å². The average Bonchev–Trinajstić information content (AvgIpc) is 3.34. The first-order chi connectivity index (χ1) is 16.5. The van der Waals surface area contributed by atoms with Crippen LogP contribution in [0.2, 0.25) is 0 Å². The molecule has 0 spiro atoms. The van der Waals surface area contributed by atoms with Crippen molar-refractivity contribution in [2.24, 2.45) is 0 Å². The van der Waals surface area contributed by atoms with Gasteiger partial charge in [-0.25, -0.2) is 0 Å². The van der Waals surface area contributed by atoms with E-state index in [1.54, 1.807) is 14.2 Å². The monoisotopic (exact) mass is 480 g/mol. The van der Waals surface area contributed by atoms with E-state index < -0.39 is 0 Å². The SMILES string of the molecule is CCOc1ccc(-c2noc(C3=C(C)N(CCOC)C(=S)NC3c3ccc(OC)cc3)n2)cc1. The van der Waals surface area contributed by atoms with Crippen LogP contribution in [-0.4, -0.2) is 54.1 Å². The van der Waals surface area contributed by atoms with Crippen molar-refractivity contribution in [3.63, 3.8) is 0 Å². The predicted molar refractivity (Wildman–Crippen MR) is 134 cm³/mol. The van der Waals surface area contributed by atoms with Crippen LogP contribution in [-0.2, 0) is 4.74 Å². The number of ether oxygens (including phenoxy) is 3. The summed E-state index contributed by atoms with van der Waals surface area (Å²) in [4.78, 5) is 6.73.